The topological polar surface area (TPSA) is 26.3 Å². The summed E-state index contributed by atoms with van der Waals surface area (Å²) in [4.78, 5) is 11.3. The van der Waals surface area contributed by atoms with Crippen LogP contribution in [0.2, 0.25) is 0 Å². The second kappa shape index (κ2) is 6.69. The number of carbonyl (C=O) groups excluding carboxylic acids is 1. The molecular formula is C15H18O2. The fourth-order valence-electron chi connectivity index (χ4n) is 1.39. The number of aryl methyl sites for hydroxylation is 1. The summed E-state index contributed by atoms with van der Waals surface area (Å²) in [5.74, 6) is -0.263. The van der Waals surface area contributed by atoms with Gasteiger partial charge in [0.2, 0.25) is 0 Å². The van der Waals surface area contributed by atoms with Crippen LogP contribution < -0.4 is 0 Å². The van der Waals surface area contributed by atoms with E-state index in [0.717, 1.165) is 5.56 Å². The second-order valence-corrected chi connectivity index (χ2v) is 3.84. The molecule has 0 unspecified atom stereocenters. The smallest absolute Gasteiger partial charge is 0.333 e. The quantitative estimate of drug-likeness (QED) is 0.449. The van der Waals surface area contributed by atoms with Crippen LogP contribution in [0.5, 0.6) is 0 Å². The molecule has 0 aliphatic heterocycles. The molecule has 2 heteroatoms. The van der Waals surface area contributed by atoms with Crippen molar-refractivity contribution in [2.45, 2.75) is 20.8 Å². The average molecular weight is 230 g/mol. The number of benzene rings is 1. The first kappa shape index (κ1) is 13.2. The van der Waals surface area contributed by atoms with Gasteiger partial charge in [-0.3, -0.25) is 0 Å². The minimum atomic E-state index is -0.263. The predicted octanol–water partition coefficient (Wildman–Crippen LogP) is 3.52. The van der Waals surface area contributed by atoms with Gasteiger partial charge in [-0.2, -0.15) is 0 Å². The zero-order chi connectivity index (χ0) is 12.7. The van der Waals surface area contributed by atoms with Gasteiger partial charge in [-0.15, -0.1) is 0 Å². The van der Waals surface area contributed by atoms with Crippen molar-refractivity contribution in [3.05, 3.63) is 53.1 Å². The molecule has 90 valence electrons. The number of hydrogen-bond acceptors (Lipinski definition) is 2. The maximum Gasteiger partial charge on any atom is 0.333 e. The minimum absolute atomic E-state index is 0.263. The third kappa shape index (κ3) is 4.68. The number of ether oxygens (including phenoxy) is 1. The number of rotatable bonds is 4. The van der Waals surface area contributed by atoms with E-state index in [0.29, 0.717) is 12.2 Å². The van der Waals surface area contributed by atoms with Crippen LogP contribution in [0.25, 0.3) is 6.08 Å². The molecule has 0 heterocycles. The molecule has 0 saturated carbocycles. The van der Waals surface area contributed by atoms with Gasteiger partial charge in [-0.1, -0.05) is 48.1 Å². The Labute approximate surface area is 103 Å². The summed E-state index contributed by atoms with van der Waals surface area (Å²) in [5.41, 5.74) is 2.95. The average Bonchev–Trinajstić information content (AvgIpc) is 2.29. The number of allylic oxidation sites excluding steroid dienone is 2. The van der Waals surface area contributed by atoms with Gasteiger partial charge in [0, 0.05) is 5.57 Å². The van der Waals surface area contributed by atoms with Crippen molar-refractivity contribution in [3.63, 3.8) is 0 Å². The van der Waals surface area contributed by atoms with Crippen molar-refractivity contribution in [2.75, 3.05) is 6.61 Å². The van der Waals surface area contributed by atoms with Gasteiger partial charge in [-0.05, 0) is 26.3 Å². The number of carbonyl (C=O) groups is 1. The monoisotopic (exact) mass is 230 g/mol. The van der Waals surface area contributed by atoms with Crippen molar-refractivity contribution >= 4 is 12.0 Å². The van der Waals surface area contributed by atoms with Gasteiger partial charge < -0.3 is 4.74 Å². The van der Waals surface area contributed by atoms with Crippen LogP contribution in [0.1, 0.15) is 25.0 Å². The lowest BCUT2D eigenvalue weighted by atomic mass is 10.1. The minimum Gasteiger partial charge on any atom is -0.463 e. The normalized spacial score (nSPS) is 11.8. The van der Waals surface area contributed by atoms with E-state index in [1.807, 2.05) is 24.3 Å². The highest BCUT2D eigenvalue weighted by molar-refractivity contribution is 5.88. The molecule has 1 aromatic carbocycles. The molecule has 17 heavy (non-hydrogen) atoms. The van der Waals surface area contributed by atoms with Crippen molar-refractivity contribution < 1.29 is 9.53 Å². The van der Waals surface area contributed by atoms with Gasteiger partial charge in [0.25, 0.3) is 0 Å². The van der Waals surface area contributed by atoms with Crippen molar-refractivity contribution in [1.82, 2.24) is 0 Å². The van der Waals surface area contributed by atoms with Crippen molar-refractivity contribution in [1.29, 1.82) is 0 Å². The lowest BCUT2D eigenvalue weighted by molar-refractivity contribution is -0.138. The van der Waals surface area contributed by atoms with Crippen molar-refractivity contribution in [2.24, 2.45) is 0 Å². The Morgan fingerprint density at radius 1 is 1.41 bits per heavy atom. The second-order valence-electron chi connectivity index (χ2n) is 3.84. The third-order valence-corrected chi connectivity index (χ3v) is 2.27. The van der Waals surface area contributed by atoms with E-state index in [1.165, 1.54) is 5.56 Å². The molecule has 0 aliphatic rings. The maximum absolute atomic E-state index is 11.3. The van der Waals surface area contributed by atoms with Crippen LogP contribution in [-0.4, -0.2) is 12.6 Å². The van der Waals surface area contributed by atoms with Crippen LogP contribution in [0.3, 0.4) is 0 Å². The van der Waals surface area contributed by atoms with E-state index in [9.17, 15) is 4.79 Å². The van der Waals surface area contributed by atoms with Gasteiger partial charge in [0.15, 0.2) is 0 Å². The Bertz CT molecular complexity index is 442. The van der Waals surface area contributed by atoms with Crippen LogP contribution >= 0.6 is 0 Å². The Morgan fingerprint density at radius 2 is 2.18 bits per heavy atom. The third-order valence-electron chi connectivity index (χ3n) is 2.27. The highest BCUT2D eigenvalue weighted by atomic mass is 16.5. The van der Waals surface area contributed by atoms with Gasteiger partial charge in [0.05, 0.1) is 6.61 Å². The van der Waals surface area contributed by atoms with E-state index in [4.69, 9.17) is 4.74 Å². The molecule has 0 aromatic heterocycles. The molecule has 1 aromatic rings. The lowest BCUT2D eigenvalue weighted by Crippen LogP contribution is -2.04. The summed E-state index contributed by atoms with van der Waals surface area (Å²) in [7, 11) is 0. The first-order valence-electron chi connectivity index (χ1n) is 5.72. The van der Waals surface area contributed by atoms with Crippen LogP contribution in [-0.2, 0) is 9.53 Å². The number of hydrogen-bond donors (Lipinski definition) is 0. The molecule has 0 saturated heterocycles. The first-order valence-corrected chi connectivity index (χ1v) is 5.72. The molecule has 0 N–H and O–H groups in total. The summed E-state index contributed by atoms with van der Waals surface area (Å²) in [6.45, 7) is 6.01. The van der Waals surface area contributed by atoms with E-state index in [-0.39, 0.29) is 5.97 Å². The van der Waals surface area contributed by atoms with E-state index >= 15 is 0 Å². The Kier molecular flexibility index (Phi) is 5.21. The lowest BCUT2D eigenvalue weighted by Gasteiger charge is -1.99. The van der Waals surface area contributed by atoms with Crippen LogP contribution in [0, 0.1) is 6.92 Å². The molecule has 0 amide bonds. The highest BCUT2D eigenvalue weighted by Crippen LogP contribution is 2.06. The Balaban J connectivity index is 2.66. The van der Waals surface area contributed by atoms with Crippen LogP contribution in [0.15, 0.2) is 42.0 Å². The van der Waals surface area contributed by atoms with Crippen molar-refractivity contribution in [3.8, 4) is 0 Å². The van der Waals surface area contributed by atoms with Gasteiger partial charge >= 0.3 is 5.97 Å². The molecular weight excluding hydrogens is 212 g/mol. The first-order chi connectivity index (χ1) is 8.13. The molecule has 0 spiro atoms. The maximum atomic E-state index is 11.3. The summed E-state index contributed by atoms with van der Waals surface area (Å²) in [5, 5.41) is 0. The zero-order valence-electron chi connectivity index (χ0n) is 10.6. The fourth-order valence-corrected chi connectivity index (χ4v) is 1.39. The summed E-state index contributed by atoms with van der Waals surface area (Å²) < 4.78 is 4.88. The van der Waals surface area contributed by atoms with Gasteiger partial charge in [0.1, 0.15) is 0 Å². The molecule has 0 bridgehead atoms. The van der Waals surface area contributed by atoms with E-state index in [1.54, 1.807) is 19.9 Å². The van der Waals surface area contributed by atoms with Gasteiger partial charge in [-0.25, -0.2) is 4.79 Å². The van der Waals surface area contributed by atoms with E-state index < -0.39 is 0 Å². The fraction of sp³-hybridized carbons (Fsp3) is 0.267. The highest BCUT2D eigenvalue weighted by Gasteiger charge is 2.01. The summed E-state index contributed by atoms with van der Waals surface area (Å²) >= 11 is 0. The molecule has 2 nitrogen and oxygen atoms in total. The number of esters is 1. The Morgan fingerprint density at radius 3 is 2.82 bits per heavy atom. The van der Waals surface area contributed by atoms with Crippen LogP contribution in [0.4, 0.5) is 0 Å². The molecule has 0 atom stereocenters. The predicted molar refractivity (Wildman–Crippen MR) is 70.6 cm³/mol. The summed E-state index contributed by atoms with van der Waals surface area (Å²) in [6, 6.07) is 8.18. The molecule has 0 radical (unpaired) electrons. The SMILES string of the molecule is CCOC(=O)/C(C)=C/C=C/c1cccc(C)c1. The van der Waals surface area contributed by atoms with E-state index in [2.05, 4.69) is 19.1 Å². The largest absolute Gasteiger partial charge is 0.463 e. The Hall–Kier alpha value is -1.83. The standard InChI is InChI=1S/C15H18O2/c1-4-17-15(16)13(3)8-6-10-14-9-5-7-12(2)11-14/h5-11H,4H2,1-3H3/b10-6+,13-8+. The zero-order valence-corrected chi connectivity index (χ0v) is 10.6. The molecule has 1 rings (SSSR count). The summed E-state index contributed by atoms with van der Waals surface area (Å²) in [6.07, 6.45) is 5.59. The molecule has 0 aliphatic carbocycles. The molecule has 0 fully saturated rings.